The van der Waals surface area contributed by atoms with Crippen LogP contribution in [0.15, 0.2) is 30.6 Å². The summed E-state index contributed by atoms with van der Waals surface area (Å²) in [5.41, 5.74) is 4.36. The fraction of sp³-hybridized carbons (Fsp3) is 0.286. The molecule has 0 saturated heterocycles. The maximum absolute atomic E-state index is 10.6. The summed E-state index contributed by atoms with van der Waals surface area (Å²) in [6.45, 7) is 0. The van der Waals surface area contributed by atoms with Gasteiger partial charge in [-0.05, 0) is 49.9 Å². The van der Waals surface area contributed by atoms with Crippen molar-refractivity contribution >= 4 is 6.29 Å². The molecule has 1 aliphatic rings. The molecule has 0 N–H and O–H groups in total. The van der Waals surface area contributed by atoms with Crippen LogP contribution in [-0.4, -0.2) is 15.8 Å². The highest BCUT2D eigenvalue weighted by molar-refractivity contribution is 5.75. The fourth-order valence-corrected chi connectivity index (χ4v) is 2.41. The quantitative estimate of drug-likeness (QED) is 0.738. The summed E-state index contributed by atoms with van der Waals surface area (Å²) in [7, 11) is 0. The van der Waals surface area contributed by atoms with Crippen LogP contribution in [0.2, 0.25) is 0 Å². The summed E-state index contributed by atoms with van der Waals surface area (Å²) < 4.78 is 2.14. The molecule has 0 aliphatic heterocycles. The summed E-state index contributed by atoms with van der Waals surface area (Å²) in [4.78, 5) is 15.1. The number of aldehydes is 1. The van der Waals surface area contributed by atoms with Gasteiger partial charge in [-0.1, -0.05) is 0 Å². The number of aromatic nitrogens is 2. The summed E-state index contributed by atoms with van der Waals surface area (Å²) in [6, 6.07) is 7.63. The lowest BCUT2D eigenvalue weighted by Crippen LogP contribution is -2.06. The third-order valence-electron chi connectivity index (χ3n) is 3.34. The van der Waals surface area contributed by atoms with Crippen LogP contribution in [0.3, 0.4) is 0 Å². The first-order valence-corrected chi connectivity index (χ1v) is 5.99. The summed E-state index contributed by atoms with van der Waals surface area (Å²) in [5, 5.41) is 0. The highest BCUT2D eigenvalue weighted by Gasteiger charge is 2.15. The fourth-order valence-electron chi connectivity index (χ4n) is 2.41. The molecule has 86 valence electrons. The van der Waals surface area contributed by atoms with Crippen molar-refractivity contribution in [3.63, 3.8) is 0 Å². The first-order valence-electron chi connectivity index (χ1n) is 5.99. The van der Waals surface area contributed by atoms with Crippen LogP contribution >= 0.6 is 0 Å². The number of carbonyl (C=O) groups excluding carboxylic acids is 1. The Morgan fingerprint density at radius 2 is 1.88 bits per heavy atom. The number of imidazole rings is 1. The van der Waals surface area contributed by atoms with Crippen LogP contribution in [-0.2, 0) is 12.8 Å². The van der Waals surface area contributed by atoms with E-state index in [0.717, 1.165) is 24.8 Å². The molecule has 0 spiro atoms. The summed E-state index contributed by atoms with van der Waals surface area (Å²) >= 11 is 0. The molecule has 1 aliphatic carbocycles. The average molecular weight is 226 g/mol. The Balaban J connectivity index is 2.02. The molecule has 0 fully saturated rings. The average Bonchev–Trinajstić information content (AvgIpc) is 2.83. The Kier molecular flexibility index (Phi) is 2.52. The highest BCUT2D eigenvalue weighted by Crippen LogP contribution is 2.23. The van der Waals surface area contributed by atoms with E-state index in [-0.39, 0.29) is 0 Å². The molecule has 0 atom stereocenters. The predicted octanol–water partition coefficient (Wildman–Crippen LogP) is 2.56. The van der Waals surface area contributed by atoms with Crippen LogP contribution < -0.4 is 0 Å². The molecule has 0 amide bonds. The molecule has 0 saturated carbocycles. The maximum Gasteiger partial charge on any atom is 0.150 e. The van der Waals surface area contributed by atoms with E-state index < -0.39 is 0 Å². The molecule has 3 heteroatoms. The second-order valence-corrected chi connectivity index (χ2v) is 4.42. The predicted molar refractivity (Wildman–Crippen MR) is 65.6 cm³/mol. The number of aryl methyl sites for hydroxylation is 1. The molecule has 0 bridgehead atoms. The van der Waals surface area contributed by atoms with Gasteiger partial charge in [0.25, 0.3) is 0 Å². The molecule has 0 radical (unpaired) electrons. The zero-order chi connectivity index (χ0) is 11.7. The van der Waals surface area contributed by atoms with E-state index in [2.05, 4.69) is 9.55 Å². The molecule has 1 aromatic heterocycles. The zero-order valence-electron chi connectivity index (χ0n) is 9.60. The van der Waals surface area contributed by atoms with Crippen molar-refractivity contribution in [1.29, 1.82) is 0 Å². The highest BCUT2D eigenvalue weighted by atomic mass is 16.1. The van der Waals surface area contributed by atoms with E-state index in [4.69, 9.17) is 0 Å². The summed E-state index contributed by atoms with van der Waals surface area (Å²) in [5.74, 6) is 0. The van der Waals surface area contributed by atoms with Crippen LogP contribution in [0.4, 0.5) is 0 Å². The lowest BCUT2D eigenvalue weighted by atomic mass is 10.0. The van der Waals surface area contributed by atoms with Crippen molar-refractivity contribution < 1.29 is 4.79 Å². The number of hydrogen-bond donors (Lipinski definition) is 0. The Hall–Kier alpha value is -1.90. The summed E-state index contributed by atoms with van der Waals surface area (Å²) in [6.07, 6.45) is 7.44. The van der Waals surface area contributed by atoms with E-state index >= 15 is 0 Å². The van der Waals surface area contributed by atoms with Gasteiger partial charge in [0.15, 0.2) is 0 Å². The molecule has 1 aromatic carbocycles. The van der Waals surface area contributed by atoms with Gasteiger partial charge in [0.1, 0.15) is 6.29 Å². The van der Waals surface area contributed by atoms with Crippen LogP contribution in [0.25, 0.3) is 5.69 Å². The van der Waals surface area contributed by atoms with E-state index in [0.29, 0.717) is 5.56 Å². The number of hydrogen-bond acceptors (Lipinski definition) is 2. The van der Waals surface area contributed by atoms with Gasteiger partial charge in [-0.15, -0.1) is 0 Å². The lowest BCUT2D eigenvalue weighted by Gasteiger charge is -2.13. The Morgan fingerprint density at radius 3 is 2.65 bits per heavy atom. The molecular weight excluding hydrogens is 212 g/mol. The first kappa shape index (κ1) is 10.3. The minimum atomic E-state index is 0.711. The minimum absolute atomic E-state index is 0.711. The number of carbonyl (C=O) groups is 1. The molecule has 1 heterocycles. The van der Waals surface area contributed by atoms with Crippen LogP contribution in [0.1, 0.15) is 34.6 Å². The Bertz CT molecular complexity index is 540. The zero-order valence-corrected chi connectivity index (χ0v) is 9.60. The number of nitrogens with zero attached hydrogens (tertiary/aromatic N) is 2. The number of rotatable bonds is 2. The lowest BCUT2D eigenvalue weighted by molar-refractivity contribution is 0.112. The van der Waals surface area contributed by atoms with E-state index in [1.807, 2.05) is 30.6 Å². The van der Waals surface area contributed by atoms with Crippen LogP contribution in [0, 0.1) is 0 Å². The third kappa shape index (κ3) is 1.78. The van der Waals surface area contributed by atoms with Crippen LogP contribution in [0.5, 0.6) is 0 Å². The monoisotopic (exact) mass is 226 g/mol. The van der Waals surface area contributed by atoms with Gasteiger partial charge < -0.3 is 4.57 Å². The van der Waals surface area contributed by atoms with Gasteiger partial charge in [-0.25, -0.2) is 4.98 Å². The van der Waals surface area contributed by atoms with E-state index in [1.54, 1.807) is 0 Å². The van der Waals surface area contributed by atoms with Crippen molar-refractivity contribution in [3.05, 3.63) is 47.5 Å². The van der Waals surface area contributed by atoms with Gasteiger partial charge in [-0.2, -0.15) is 0 Å². The van der Waals surface area contributed by atoms with E-state index in [9.17, 15) is 4.79 Å². The third-order valence-corrected chi connectivity index (χ3v) is 3.34. The maximum atomic E-state index is 10.6. The molecule has 2 aromatic rings. The molecular formula is C14H14N2O. The van der Waals surface area contributed by atoms with Crippen molar-refractivity contribution in [2.75, 3.05) is 0 Å². The molecule has 17 heavy (non-hydrogen) atoms. The van der Waals surface area contributed by atoms with Gasteiger partial charge >= 0.3 is 0 Å². The first-order chi connectivity index (χ1) is 8.38. The largest absolute Gasteiger partial charge is 0.303 e. The van der Waals surface area contributed by atoms with Gasteiger partial charge in [-0.3, -0.25) is 4.79 Å². The SMILES string of the molecule is O=Cc1ccc(-n2cnc3c2CCCC3)cc1. The molecule has 0 unspecified atom stereocenters. The van der Waals surface area contributed by atoms with Gasteiger partial charge in [0.2, 0.25) is 0 Å². The van der Waals surface area contributed by atoms with Crippen molar-refractivity contribution in [1.82, 2.24) is 9.55 Å². The standard InChI is InChI=1S/C14H14N2O/c17-9-11-5-7-12(8-6-11)16-10-15-13-3-1-2-4-14(13)16/h5-10H,1-4H2. The Labute approximate surface area is 100 Å². The molecule has 3 rings (SSSR count). The Morgan fingerprint density at radius 1 is 1.12 bits per heavy atom. The topological polar surface area (TPSA) is 34.9 Å². The van der Waals surface area contributed by atoms with E-state index in [1.165, 1.54) is 24.2 Å². The second-order valence-electron chi connectivity index (χ2n) is 4.42. The number of benzene rings is 1. The molecule has 3 nitrogen and oxygen atoms in total. The van der Waals surface area contributed by atoms with Crippen molar-refractivity contribution in [2.45, 2.75) is 25.7 Å². The van der Waals surface area contributed by atoms with Gasteiger partial charge in [0.05, 0.1) is 12.0 Å². The van der Waals surface area contributed by atoms with Gasteiger partial charge in [0, 0.05) is 16.9 Å². The second kappa shape index (κ2) is 4.17. The minimum Gasteiger partial charge on any atom is -0.303 e. The van der Waals surface area contributed by atoms with Crippen molar-refractivity contribution in [3.8, 4) is 5.69 Å². The smallest absolute Gasteiger partial charge is 0.150 e. The normalized spacial score (nSPS) is 14.4. The number of fused-ring (bicyclic) bond motifs is 1. The van der Waals surface area contributed by atoms with Crippen molar-refractivity contribution in [2.24, 2.45) is 0 Å².